The van der Waals surface area contributed by atoms with Crippen molar-refractivity contribution < 1.29 is 14.6 Å². The number of aryl methyl sites for hydroxylation is 1. The van der Waals surface area contributed by atoms with E-state index < -0.39 is 11.4 Å². The molecule has 18 heavy (non-hydrogen) atoms. The van der Waals surface area contributed by atoms with E-state index in [4.69, 9.17) is 9.84 Å². The first-order valence-corrected chi connectivity index (χ1v) is 6.87. The van der Waals surface area contributed by atoms with Crippen LogP contribution in [-0.2, 0) is 4.79 Å². The first kappa shape index (κ1) is 12.0. The second-order valence-electron chi connectivity index (χ2n) is 5.82. The van der Waals surface area contributed by atoms with E-state index in [0.29, 0.717) is 6.61 Å². The Hall–Kier alpha value is -1.03. The lowest BCUT2D eigenvalue weighted by atomic mass is 9.35. The molecule has 0 amide bonds. The number of halogens is 1. The van der Waals surface area contributed by atoms with Crippen LogP contribution in [0.15, 0.2) is 22.7 Å². The SMILES string of the molecule is Cc1cc(OCC23CC(C(=O)O)(C2)C3)ccc1Br. The van der Waals surface area contributed by atoms with Crippen molar-refractivity contribution in [2.24, 2.45) is 10.8 Å². The first-order valence-electron chi connectivity index (χ1n) is 6.07. The van der Waals surface area contributed by atoms with E-state index in [9.17, 15) is 4.79 Å². The molecule has 3 aliphatic rings. The van der Waals surface area contributed by atoms with Gasteiger partial charge in [0.1, 0.15) is 5.75 Å². The lowest BCUT2D eigenvalue weighted by molar-refractivity contribution is -0.231. The molecule has 0 unspecified atom stereocenters. The van der Waals surface area contributed by atoms with Gasteiger partial charge >= 0.3 is 5.97 Å². The van der Waals surface area contributed by atoms with Crippen LogP contribution >= 0.6 is 15.9 Å². The fraction of sp³-hybridized carbons (Fsp3) is 0.500. The van der Waals surface area contributed by atoms with Crippen molar-refractivity contribution in [2.45, 2.75) is 26.2 Å². The first-order chi connectivity index (χ1) is 8.45. The van der Waals surface area contributed by atoms with E-state index in [1.54, 1.807) is 0 Å². The summed E-state index contributed by atoms with van der Waals surface area (Å²) in [5.41, 5.74) is 0.880. The highest BCUT2D eigenvalue weighted by atomic mass is 79.9. The minimum absolute atomic E-state index is 0.138. The molecule has 0 spiro atoms. The van der Waals surface area contributed by atoms with Crippen LogP contribution in [0.5, 0.6) is 5.75 Å². The highest BCUT2D eigenvalue weighted by molar-refractivity contribution is 9.10. The molecule has 0 aromatic heterocycles. The zero-order chi connectivity index (χ0) is 13.0. The van der Waals surface area contributed by atoms with Crippen LogP contribution in [0.3, 0.4) is 0 Å². The van der Waals surface area contributed by atoms with Crippen molar-refractivity contribution in [3.8, 4) is 5.75 Å². The fourth-order valence-corrected chi connectivity index (χ4v) is 3.57. The Kier molecular flexibility index (Phi) is 2.49. The van der Waals surface area contributed by atoms with Crippen LogP contribution in [0.1, 0.15) is 24.8 Å². The van der Waals surface area contributed by atoms with Gasteiger partial charge in [0, 0.05) is 9.89 Å². The molecule has 0 aliphatic heterocycles. The summed E-state index contributed by atoms with van der Waals surface area (Å²) in [4.78, 5) is 11.0. The third kappa shape index (κ3) is 1.66. The number of aliphatic carboxylic acids is 1. The largest absolute Gasteiger partial charge is 0.493 e. The monoisotopic (exact) mass is 310 g/mol. The van der Waals surface area contributed by atoms with Gasteiger partial charge < -0.3 is 9.84 Å². The number of hydrogen-bond donors (Lipinski definition) is 1. The topological polar surface area (TPSA) is 46.5 Å². The highest BCUT2D eigenvalue weighted by Crippen LogP contribution is 2.73. The Labute approximate surface area is 114 Å². The Balaban J connectivity index is 1.58. The second kappa shape index (κ2) is 3.73. The van der Waals surface area contributed by atoms with Crippen LogP contribution < -0.4 is 4.74 Å². The van der Waals surface area contributed by atoms with Gasteiger partial charge in [0.05, 0.1) is 12.0 Å². The summed E-state index contributed by atoms with van der Waals surface area (Å²) in [7, 11) is 0. The van der Waals surface area contributed by atoms with E-state index >= 15 is 0 Å². The molecule has 4 rings (SSSR count). The van der Waals surface area contributed by atoms with E-state index in [-0.39, 0.29) is 5.41 Å². The Morgan fingerprint density at radius 1 is 1.44 bits per heavy atom. The van der Waals surface area contributed by atoms with E-state index in [1.165, 1.54) is 0 Å². The van der Waals surface area contributed by atoms with Crippen molar-refractivity contribution >= 4 is 21.9 Å². The number of ether oxygens (including phenoxy) is 1. The maximum atomic E-state index is 11.0. The Morgan fingerprint density at radius 3 is 2.67 bits per heavy atom. The van der Waals surface area contributed by atoms with Crippen LogP contribution in [-0.4, -0.2) is 17.7 Å². The molecule has 1 N–H and O–H groups in total. The van der Waals surface area contributed by atoms with Crippen molar-refractivity contribution in [1.82, 2.24) is 0 Å². The molecular weight excluding hydrogens is 296 g/mol. The summed E-state index contributed by atoms with van der Waals surface area (Å²) in [6.07, 6.45) is 2.35. The zero-order valence-corrected chi connectivity index (χ0v) is 11.8. The zero-order valence-electron chi connectivity index (χ0n) is 10.2. The number of benzene rings is 1. The maximum Gasteiger partial charge on any atom is 0.309 e. The van der Waals surface area contributed by atoms with Gasteiger partial charge in [0.15, 0.2) is 0 Å². The molecule has 96 valence electrons. The number of rotatable bonds is 4. The molecule has 3 aliphatic carbocycles. The van der Waals surface area contributed by atoms with Gasteiger partial charge in [-0.2, -0.15) is 0 Å². The van der Waals surface area contributed by atoms with Crippen molar-refractivity contribution in [1.29, 1.82) is 0 Å². The van der Waals surface area contributed by atoms with Crippen LogP contribution in [0.25, 0.3) is 0 Å². The fourth-order valence-electron chi connectivity index (χ4n) is 3.32. The summed E-state index contributed by atoms with van der Waals surface area (Å²) in [6.45, 7) is 2.67. The Bertz CT molecular complexity index is 504. The average molecular weight is 311 g/mol. The molecule has 3 nitrogen and oxygen atoms in total. The smallest absolute Gasteiger partial charge is 0.309 e. The van der Waals surface area contributed by atoms with E-state index in [0.717, 1.165) is 35.0 Å². The third-order valence-electron chi connectivity index (χ3n) is 4.27. The number of carboxylic acids is 1. The van der Waals surface area contributed by atoms with Crippen molar-refractivity contribution in [3.05, 3.63) is 28.2 Å². The third-order valence-corrected chi connectivity index (χ3v) is 5.16. The van der Waals surface area contributed by atoms with Crippen LogP contribution in [0.2, 0.25) is 0 Å². The molecule has 3 saturated carbocycles. The molecule has 3 fully saturated rings. The van der Waals surface area contributed by atoms with Gasteiger partial charge in [0.2, 0.25) is 0 Å². The molecule has 2 bridgehead atoms. The molecule has 0 radical (unpaired) electrons. The summed E-state index contributed by atoms with van der Waals surface area (Å²) in [5, 5.41) is 9.05. The number of carbonyl (C=O) groups is 1. The van der Waals surface area contributed by atoms with E-state index in [1.807, 2.05) is 25.1 Å². The molecular formula is C14H15BrO3. The summed E-state index contributed by atoms with van der Waals surface area (Å²) in [5.74, 6) is 0.230. The summed E-state index contributed by atoms with van der Waals surface area (Å²) < 4.78 is 6.87. The van der Waals surface area contributed by atoms with Crippen molar-refractivity contribution in [3.63, 3.8) is 0 Å². The molecule has 1 aromatic rings. The predicted molar refractivity (Wildman–Crippen MR) is 70.7 cm³/mol. The standard InChI is InChI=1S/C14H15BrO3/c1-9-4-10(2-3-11(9)15)18-8-13-5-14(6-13,7-13)12(16)17/h2-4H,5-8H2,1H3,(H,16,17). The van der Waals surface area contributed by atoms with Crippen LogP contribution in [0.4, 0.5) is 0 Å². The Morgan fingerprint density at radius 2 is 2.11 bits per heavy atom. The molecule has 0 saturated heterocycles. The molecule has 4 heteroatoms. The lowest BCUT2D eigenvalue weighted by Crippen LogP contribution is -2.67. The lowest BCUT2D eigenvalue weighted by Gasteiger charge is -2.67. The van der Waals surface area contributed by atoms with Gasteiger partial charge in [-0.3, -0.25) is 4.79 Å². The van der Waals surface area contributed by atoms with Gasteiger partial charge in [-0.1, -0.05) is 15.9 Å². The summed E-state index contributed by atoms with van der Waals surface area (Å²) >= 11 is 3.45. The normalized spacial score (nSPS) is 32.3. The second-order valence-corrected chi connectivity index (χ2v) is 6.67. The number of hydrogen-bond acceptors (Lipinski definition) is 2. The number of carboxylic acid groups (broad SMARTS) is 1. The average Bonchev–Trinajstić information content (AvgIpc) is 2.18. The predicted octanol–water partition coefficient (Wildman–Crippen LogP) is 3.39. The molecule has 0 atom stereocenters. The van der Waals surface area contributed by atoms with E-state index in [2.05, 4.69) is 15.9 Å². The maximum absolute atomic E-state index is 11.0. The summed E-state index contributed by atoms with van der Waals surface area (Å²) in [6, 6.07) is 5.92. The molecule has 0 heterocycles. The minimum atomic E-state index is -0.635. The van der Waals surface area contributed by atoms with Crippen LogP contribution in [0, 0.1) is 17.8 Å². The van der Waals surface area contributed by atoms with Crippen molar-refractivity contribution in [2.75, 3.05) is 6.61 Å². The quantitative estimate of drug-likeness (QED) is 0.927. The minimum Gasteiger partial charge on any atom is -0.493 e. The van der Waals surface area contributed by atoms with Gasteiger partial charge in [-0.25, -0.2) is 0 Å². The highest BCUT2D eigenvalue weighted by Gasteiger charge is 2.72. The molecule has 1 aromatic carbocycles. The van der Waals surface area contributed by atoms with Gasteiger partial charge in [0.25, 0.3) is 0 Å². The van der Waals surface area contributed by atoms with Gasteiger partial charge in [-0.15, -0.1) is 0 Å². The van der Waals surface area contributed by atoms with Gasteiger partial charge in [-0.05, 0) is 49.9 Å².